The highest BCUT2D eigenvalue weighted by molar-refractivity contribution is 7.11. The molecule has 0 saturated carbocycles. The Bertz CT molecular complexity index is 6950. The number of nitrogens with zero attached hydrogens (tertiary/aromatic N) is 20. The Kier molecular flexibility index (Phi) is 36.8. The van der Waals surface area contributed by atoms with Gasteiger partial charge >= 0.3 is 5.97 Å². The lowest BCUT2D eigenvalue weighted by molar-refractivity contribution is 0.0696. The molecule has 10 heterocycles. The van der Waals surface area contributed by atoms with E-state index in [1.807, 2.05) is 110 Å². The number of aliphatic hydroxyl groups is 2. The van der Waals surface area contributed by atoms with Gasteiger partial charge in [-0.3, -0.25) is 0 Å². The predicted octanol–water partition coefficient (Wildman–Crippen LogP) is 22.9. The van der Waals surface area contributed by atoms with Gasteiger partial charge in [0.2, 0.25) is 11.8 Å². The standard InChI is InChI=1S/C13H13N3O2.C10H8F2N2O.C10H6FN3O.2C10H9FN2O.C10H8N2O3.2C10H10N2O.C7H9NO2.C7H9NOS/c1-8(2)17-12-5-4-10(6-11(12)7-14)13-15-9(3)16-18-13;1-5-3-7(11)9(8(12)4-5)10-13-6(2)14-15-10;1-6-13-10(15-14-6)8-2-7(5-12)3-9(11)4-8;2*1-6-3-4-8(9(11)5-6)10-12-7(2)13-14-10;1-6-11-9(15-12-6)7-2-4-8(5-3-7)10(13)14;1-7-3-5-9(6-4-7)10-12-11-8(2)13-10;1-7-3-5-9(6-4-7)10-11-8(2)12-13-10;2*1-4(9)7-5(2)10-6(3)8-7/h4-6,8H,1-3H3;3-4H,1-2H3;2-4H,1H3;2*3-5H,1-2H3;2-5H,1H3,(H,13,14);2*3-6H,1-2H3;2*9H,1H2,2-3H3. The molecule has 34 nitrogen and oxygen atoms in total. The van der Waals surface area contributed by atoms with Crippen molar-refractivity contribution < 1.29 is 87.3 Å². The molecule has 3 N–H and O–H groups in total. The summed E-state index contributed by atoms with van der Waals surface area (Å²) in [5, 5.41) is 78.4. The van der Waals surface area contributed by atoms with Gasteiger partial charge in [0, 0.05) is 46.5 Å². The number of carbonyl (C=O) groups is 1. The van der Waals surface area contributed by atoms with E-state index in [4.69, 9.17) is 71.1 Å². The van der Waals surface area contributed by atoms with E-state index in [0.29, 0.717) is 138 Å². The average molecular weight is 1890 g/mol. The fourth-order valence-corrected chi connectivity index (χ4v) is 12.2. The lowest BCUT2D eigenvalue weighted by Crippen LogP contribution is -2.06. The van der Waals surface area contributed by atoms with Crippen molar-refractivity contribution >= 4 is 28.8 Å². The molecule has 0 fully saturated rings. The molecule has 40 heteroatoms. The summed E-state index contributed by atoms with van der Waals surface area (Å²) in [5.41, 5.74) is 10.8. The number of nitriles is 2. The van der Waals surface area contributed by atoms with Crippen molar-refractivity contribution in [2.24, 2.45) is 0 Å². The second kappa shape index (κ2) is 48.7. The van der Waals surface area contributed by atoms with Crippen LogP contribution in [-0.4, -0.2) is 119 Å². The SMILES string of the molecule is C=C(O)c1nc(C)oc1C.C=C(O)c1nc(C)sc1C.Cc1cc(F)c(-c2nc(C)no2)c(F)c1.Cc1ccc(-c2nc(C)no2)c(F)c1.Cc1ccc(-c2nc(C)no2)c(F)c1.Cc1ccc(-c2nc(C)no2)cc1.Cc1ccc(-c2nnc(C)o2)cc1.Cc1noc(-c2cc(F)cc(C#N)c2)n1.Cc1noc(-c2ccc(C(=O)O)cc2)n1.Cc1noc(-c2ccc(OC(C)C)c(C#N)c2)n1. The number of oxazole rings is 1. The maximum Gasteiger partial charge on any atom is 0.335 e. The molecule has 18 aromatic rings. The van der Waals surface area contributed by atoms with Gasteiger partial charge in [0.15, 0.2) is 46.7 Å². The van der Waals surface area contributed by atoms with Crippen LogP contribution in [0.3, 0.4) is 0 Å². The molecule has 0 bridgehead atoms. The van der Waals surface area contributed by atoms with Gasteiger partial charge in [-0.15, -0.1) is 21.5 Å². The first-order valence-electron chi connectivity index (χ1n) is 41.1. The minimum atomic E-state index is -0.955. The minimum Gasteiger partial charge on any atom is -0.506 e. The molecule has 0 atom stereocenters. The fraction of sp³-hybridized carbons (Fsp3) is 0.206. The Hall–Kier alpha value is -17.3. The van der Waals surface area contributed by atoms with Crippen LogP contribution in [0.5, 0.6) is 5.75 Å². The number of aromatic nitrogens is 18. The van der Waals surface area contributed by atoms with Crippen molar-refractivity contribution in [1.29, 1.82) is 10.5 Å². The van der Waals surface area contributed by atoms with Crippen molar-refractivity contribution in [2.75, 3.05) is 0 Å². The summed E-state index contributed by atoms with van der Waals surface area (Å²) in [4.78, 5) is 47.5. The molecule has 18 rings (SSSR count). The van der Waals surface area contributed by atoms with Crippen LogP contribution in [0.4, 0.5) is 22.0 Å². The third-order valence-electron chi connectivity index (χ3n) is 17.6. The fourth-order valence-electron chi connectivity index (χ4n) is 11.4. The normalized spacial score (nSPS) is 10.3. The largest absolute Gasteiger partial charge is 0.506 e. The Morgan fingerprint density at radius 3 is 1.10 bits per heavy atom. The lowest BCUT2D eigenvalue weighted by Gasteiger charge is -2.11. The summed E-state index contributed by atoms with van der Waals surface area (Å²) < 4.78 is 117. The summed E-state index contributed by atoms with van der Waals surface area (Å²) in [5.74, 6) is 4.83. The Balaban J connectivity index is 0.000000171. The number of thiazole rings is 1. The van der Waals surface area contributed by atoms with E-state index in [2.05, 4.69) is 110 Å². The number of aliphatic hydroxyl groups excluding tert-OH is 2. The third kappa shape index (κ3) is 31.2. The van der Waals surface area contributed by atoms with Crippen LogP contribution in [-0.2, 0) is 0 Å². The van der Waals surface area contributed by atoms with Crippen molar-refractivity contribution in [3.05, 3.63) is 324 Å². The van der Waals surface area contributed by atoms with Gasteiger partial charge in [-0.1, -0.05) is 96.8 Å². The molecule has 0 unspecified atom stereocenters. The zero-order valence-electron chi connectivity index (χ0n) is 77.6. The second-order valence-electron chi connectivity index (χ2n) is 29.8. The second-order valence-corrected chi connectivity index (χ2v) is 31.2. The van der Waals surface area contributed by atoms with Gasteiger partial charge in [-0.25, -0.2) is 36.7 Å². The van der Waals surface area contributed by atoms with Crippen molar-refractivity contribution in [3.8, 4) is 110 Å². The van der Waals surface area contributed by atoms with Crippen molar-refractivity contribution in [1.82, 2.24) is 91.1 Å². The number of hydrogen-bond acceptors (Lipinski definition) is 34. The quantitative estimate of drug-likeness (QED) is 0.0713. The maximum atomic E-state index is 13.4. The highest BCUT2D eigenvalue weighted by Gasteiger charge is 2.21. The zero-order chi connectivity index (χ0) is 100. The van der Waals surface area contributed by atoms with Gasteiger partial charge in [0.25, 0.3) is 41.2 Å². The van der Waals surface area contributed by atoms with E-state index in [1.54, 1.807) is 142 Å². The molecule has 0 aliphatic rings. The van der Waals surface area contributed by atoms with Crippen LogP contribution in [0.15, 0.2) is 211 Å². The number of carboxylic acids is 1. The molecule has 0 spiro atoms. The van der Waals surface area contributed by atoms with E-state index in [0.717, 1.165) is 38.2 Å². The third-order valence-corrected chi connectivity index (χ3v) is 18.5. The Morgan fingerprint density at radius 2 is 0.766 bits per heavy atom. The van der Waals surface area contributed by atoms with Crippen LogP contribution in [0.1, 0.15) is 143 Å². The van der Waals surface area contributed by atoms with Crippen LogP contribution in [0, 0.1) is 169 Å². The van der Waals surface area contributed by atoms with Gasteiger partial charge in [-0.2, -0.15) is 45.4 Å². The lowest BCUT2D eigenvalue weighted by atomic mass is 10.1. The van der Waals surface area contributed by atoms with E-state index in [-0.39, 0.29) is 69.5 Å². The van der Waals surface area contributed by atoms with Gasteiger partial charge < -0.3 is 60.6 Å². The molecule has 8 aromatic carbocycles. The molecule has 0 aliphatic heterocycles. The molecule has 0 saturated heterocycles. The van der Waals surface area contributed by atoms with Gasteiger partial charge in [-0.05, 0) is 256 Å². The predicted molar refractivity (Wildman–Crippen MR) is 492 cm³/mol. The number of rotatable bonds is 13. The summed E-state index contributed by atoms with van der Waals surface area (Å²) in [6, 6.07) is 47.5. The molecule has 137 heavy (non-hydrogen) atoms. The van der Waals surface area contributed by atoms with E-state index in [9.17, 15) is 26.7 Å². The van der Waals surface area contributed by atoms with Gasteiger partial charge in [0.1, 0.15) is 75.1 Å². The van der Waals surface area contributed by atoms with Gasteiger partial charge in [0.05, 0.1) is 45.0 Å². The number of ether oxygens (including phenoxy) is 1. The van der Waals surface area contributed by atoms with E-state index < -0.39 is 23.4 Å². The van der Waals surface area contributed by atoms with E-state index >= 15 is 0 Å². The van der Waals surface area contributed by atoms with Crippen LogP contribution < -0.4 is 4.74 Å². The van der Waals surface area contributed by atoms with Crippen molar-refractivity contribution in [3.63, 3.8) is 0 Å². The topological polar surface area (TPSA) is 485 Å². The van der Waals surface area contributed by atoms with Crippen molar-refractivity contribution in [2.45, 2.75) is 138 Å². The Labute approximate surface area is 785 Å². The maximum absolute atomic E-state index is 13.4. The summed E-state index contributed by atoms with van der Waals surface area (Å²) >= 11 is 1.57. The number of halogens is 5. The smallest absolute Gasteiger partial charge is 0.335 e. The number of aromatic carboxylic acids is 1. The number of aryl methyl sites for hydroxylation is 17. The number of carboxylic acid groups (broad SMARTS) is 1. The molecule has 10 aromatic heterocycles. The van der Waals surface area contributed by atoms with E-state index in [1.165, 1.54) is 59.7 Å². The minimum absolute atomic E-state index is 0.0219. The highest BCUT2D eigenvalue weighted by Crippen LogP contribution is 2.31. The Morgan fingerprint density at radius 1 is 0.380 bits per heavy atom. The molecular formula is C97H91F5N20O14S. The first-order chi connectivity index (χ1) is 65.1. The van der Waals surface area contributed by atoms with Crippen LogP contribution >= 0.6 is 11.3 Å². The average Bonchev–Trinajstić information content (AvgIpc) is 1.67. The first-order valence-corrected chi connectivity index (χ1v) is 41.9. The molecular weight excluding hydrogens is 1800 g/mol. The first kappa shape index (κ1) is 103. The van der Waals surface area contributed by atoms with Crippen LogP contribution in [0.2, 0.25) is 0 Å². The molecule has 0 radical (unpaired) electrons. The molecule has 0 aliphatic carbocycles. The summed E-state index contributed by atoms with van der Waals surface area (Å²) in [7, 11) is 0. The molecule has 0 amide bonds. The summed E-state index contributed by atoms with van der Waals surface area (Å²) in [6.45, 7) is 40.9. The highest BCUT2D eigenvalue weighted by atomic mass is 32.1. The summed E-state index contributed by atoms with van der Waals surface area (Å²) in [6.07, 6.45) is 0.0219. The number of benzene rings is 8. The van der Waals surface area contributed by atoms with Crippen LogP contribution in [0.25, 0.3) is 103 Å². The monoisotopic (exact) mass is 1890 g/mol. The molecule has 704 valence electrons. The zero-order valence-corrected chi connectivity index (χ0v) is 78.4. The number of hydrogen-bond donors (Lipinski definition) is 3.